The molecule has 0 radical (unpaired) electrons. The lowest BCUT2D eigenvalue weighted by Crippen LogP contribution is -2.38. The number of amides is 1. The standard InChI is InChI=1S/C3H5N5O4/c4-7-6-1-2(9)12-8(5)3(10)11/h1,5H2,(H,10,11). The minimum atomic E-state index is -1.63. The molecular formula is C3H5N5O4. The highest BCUT2D eigenvalue weighted by Crippen LogP contribution is 1.85. The van der Waals surface area contributed by atoms with Gasteiger partial charge in [0.05, 0.1) is 0 Å². The molecule has 0 unspecified atom stereocenters. The number of carbonyl (C=O) groups is 2. The van der Waals surface area contributed by atoms with Gasteiger partial charge in [-0.2, -0.15) is 0 Å². The van der Waals surface area contributed by atoms with E-state index in [4.69, 9.17) is 10.6 Å². The van der Waals surface area contributed by atoms with E-state index in [0.717, 1.165) is 0 Å². The first kappa shape index (κ1) is 10.0. The van der Waals surface area contributed by atoms with Crippen molar-refractivity contribution in [2.75, 3.05) is 6.54 Å². The average molecular weight is 175 g/mol. The van der Waals surface area contributed by atoms with Crippen molar-refractivity contribution < 1.29 is 19.5 Å². The lowest BCUT2D eigenvalue weighted by molar-refractivity contribution is -0.179. The van der Waals surface area contributed by atoms with Crippen LogP contribution < -0.4 is 5.84 Å². The van der Waals surface area contributed by atoms with Crippen LogP contribution in [0, 0.1) is 0 Å². The Hall–Kier alpha value is -1.99. The summed E-state index contributed by atoms with van der Waals surface area (Å²) >= 11 is 0. The van der Waals surface area contributed by atoms with Gasteiger partial charge in [0, 0.05) is 4.91 Å². The van der Waals surface area contributed by atoms with Gasteiger partial charge in [-0.3, -0.25) is 0 Å². The van der Waals surface area contributed by atoms with Crippen LogP contribution in [0.15, 0.2) is 5.11 Å². The van der Waals surface area contributed by atoms with Crippen LogP contribution in [0.4, 0.5) is 4.79 Å². The number of rotatable bonds is 2. The molecule has 0 rings (SSSR count). The summed E-state index contributed by atoms with van der Waals surface area (Å²) in [6, 6.07) is 0. The number of carboxylic acid groups (broad SMARTS) is 1. The molecule has 0 saturated heterocycles. The second-order valence-electron chi connectivity index (χ2n) is 1.46. The first-order chi connectivity index (χ1) is 5.57. The van der Waals surface area contributed by atoms with Crippen LogP contribution in [0.2, 0.25) is 0 Å². The van der Waals surface area contributed by atoms with E-state index in [1.165, 1.54) is 0 Å². The van der Waals surface area contributed by atoms with Crippen molar-refractivity contribution in [3.8, 4) is 0 Å². The first-order valence-electron chi connectivity index (χ1n) is 2.57. The van der Waals surface area contributed by atoms with Gasteiger partial charge in [-0.15, -0.1) is 0 Å². The fourth-order valence-corrected chi connectivity index (χ4v) is 0.267. The maximum Gasteiger partial charge on any atom is 0.456 e. The van der Waals surface area contributed by atoms with Crippen LogP contribution in [0.25, 0.3) is 10.4 Å². The molecule has 1 amide bonds. The maximum absolute atomic E-state index is 10.4. The van der Waals surface area contributed by atoms with Crippen LogP contribution >= 0.6 is 0 Å². The molecule has 0 aromatic carbocycles. The van der Waals surface area contributed by atoms with Crippen molar-refractivity contribution >= 4 is 12.1 Å². The first-order valence-corrected chi connectivity index (χ1v) is 2.57. The summed E-state index contributed by atoms with van der Waals surface area (Å²) in [7, 11) is 0. The third-order valence-electron chi connectivity index (χ3n) is 0.652. The van der Waals surface area contributed by atoms with E-state index in [1.54, 1.807) is 0 Å². The molecule has 12 heavy (non-hydrogen) atoms. The lowest BCUT2D eigenvalue weighted by atomic mass is 10.7. The highest BCUT2D eigenvalue weighted by Gasteiger charge is 2.11. The third kappa shape index (κ3) is 3.93. The van der Waals surface area contributed by atoms with E-state index in [-0.39, 0.29) is 5.17 Å². The molecule has 0 spiro atoms. The summed E-state index contributed by atoms with van der Waals surface area (Å²) in [5, 5.41) is 10.7. The van der Waals surface area contributed by atoms with Gasteiger partial charge in [0.1, 0.15) is 6.54 Å². The highest BCUT2D eigenvalue weighted by atomic mass is 16.8. The molecule has 0 atom stereocenters. The van der Waals surface area contributed by atoms with Crippen molar-refractivity contribution in [1.82, 2.24) is 5.17 Å². The van der Waals surface area contributed by atoms with E-state index >= 15 is 0 Å². The zero-order chi connectivity index (χ0) is 9.56. The van der Waals surface area contributed by atoms with Gasteiger partial charge in [-0.25, -0.2) is 15.4 Å². The number of hydrazine groups is 1. The monoisotopic (exact) mass is 175 g/mol. The zero-order valence-electron chi connectivity index (χ0n) is 5.75. The normalized spacial score (nSPS) is 8.08. The lowest BCUT2D eigenvalue weighted by Gasteiger charge is -2.09. The molecule has 0 aliphatic heterocycles. The molecule has 0 saturated carbocycles. The third-order valence-corrected chi connectivity index (χ3v) is 0.652. The molecule has 0 bridgehead atoms. The Kier molecular flexibility index (Phi) is 3.98. The van der Waals surface area contributed by atoms with Crippen molar-refractivity contribution in [2.24, 2.45) is 11.0 Å². The molecule has 9 nitrogen and oxygen atoms in total. The summed E-state index contributed by atoms with van der Waals surface area (Å²) < 4.78 is 0. The minimum absolute atomic E-state index is 0.185. The summed E-state index contributed by atoms with van der Waals surface area (Å²) in [4.78, 5) is 26.5. The predicted octanol–water partition coefficient (Wildman–Crippen LogP) is -0.391. The largest absolute Gasteiger partial charge is 0.462 e. The summed E-state index contributed by atoms with van der Waals surface area (Å²) in [5.74, 6) is 3.59. The highest BCUT2D eigenvalue weighted by molar-refractivity contribution is 5.73. The van der Waals surface area contributed by atoms with Crippen molar-refractivity contribution in [2.45, 2.75) is 0 Å². The SMILES string of the molecule is [N-]=[N+]=NCC(=O)ON(N)C(=O)O. The van der Waals surface area contributed by atoms with Gasteiger partial charge in [0.25, 0.3) is 0 Å². The van der Waals surface area contributed by atoms with Gasteiger partial charge in [0.15, 0.2) is 0 Å². The maximum atomic E-state index is 10.4. The fraction of sp³-hybridized carbons (Fsp3) is 0.333. The second-order valence-corrected chi connectivity index (χ2v) is 1.46. The van der Waals surface area contributed by atoms with Gasteiger partial charge < -0.3 is 9.94 Å². The van der Waals surface area contributed by atoms with Gasteiger partial charge in [-0.1, -0.05) is 10.3 Å². The molecule has 0 aromatic heterocycles. The van der Waals surface area contributed by atoms with Gasteiger partial charge in [0.2, 0.25) is 0 Å². The Labute approximate surface area is 65.9 Å². The van der Waals surface area contributed by atoms with E-state index < -0.39 is 18.6 Å². The zero-order valence-corrected chi connectivity index (χ0v) is 5.75. The van der Waals surface area contributed by atoms with E-state index in [1.807, 2.05) is 0 Å². The molecule has 66 valence electrons. The Morgan fingerprint density at radius 1 is 1.75 bits per heavy atom. The Morgan fingerprint density at radius 2 is 2.33 bits per heavy atom. The second kappa shape index (κ2) is 4.77. The van der Waals surface area contributed by atoms with E-state index in [2.05, 4.69) is 20.7 Å². The Morgan fingerprint density at radius 3 is 2.75 bits per heavy atom. The molecule has 0 heterocycles. The fourth-order valence-electron chi connectivity index (χ4n) is 0.267. The smallest absolute Gasteiger partial charge is 0.456 e. The van der Waals surface area contributed by atoms with Gasteiger partial charge >= 0.3 is 12.1 Å². The number of hydroxylamine groups is 1. The molecule has 0 aromatic rings. The molecule has 0 aliphatic rings. The van der Waals surface area contributed by atoms with Crippen molar-refractivity contribution in [3.05, 3.63) is 10.4 Å². The molecule has 3 N–H and O–H groups in total. The number of hydrogen-bond donors (Lipinski definition) is 2. The Balaban J connectivity index is 3.84. The molecule has 9 heteroatoms. The number of carbonyl (C=O) groups excluding carboxylic acids is 1. The number of azide groups is 1. The summed E-state index contributed by atoms with van der Waals surface area (Å²) in [6.07, 6.45) is -1.63. The van der Waals surface area contributed by atoms with Crippen LogP contribution in [0.3, 0.4) is 0 Å². The number of nitrogens with zero attached hydrogens (tertiary/aromatic N) is 4. The predicted molar refractivity (Wildman–Crippen MR) is 34.2 cm³/mol. The topological polar surface area (TPSA) is 142 Å². The molecular weight excluding hydrogens is 170 g/mol. The van der Waals surface area contributed by atoms with Gasteiger partial charge in [-0.05, 0) is 5.53 Å². The minimum Gasteiger partial charge on any atom is -0.462 e. The Bertz CT molecular complexity index is 233. The quantitative estimate of drug-likeness (QED) is 0.147. The molecule has 0 fully saturated rings. The van der Waals surface area contributed by atoms with Crippen molar-refractivity contribution in [1.29, 1.82) is 0 Å². The molecule has 0 aliphatic carbocycles. The average Bonchev–Trinajstić information content (AvgIpc) is 2.00. The van der Waals surface area contributed by atoms with Crippen LogP contribution in [0.5, 0.6) is 0 Å². The summed E-state index contributed by atoms with van der Waals surface area (Å²) in [6.45, 7) is -0.614. The van der Waals surface area contributed by atoms with E-state index in [9.17, 15) is 9.59 Å². The number of hydrogen-bond acceptors (Lipinski definition) is 5. The van der Waals surface area contributed by atoms with E-state index in [0.29, 0.717) is 0 Å². The number of nitrogens with two attached hydrogens (primary N) is 1. The van der Waals surface area contributed by atoms with Crippen LogP contribution in [-0.4, -0.2) is 28.9 Å². The van der Waals surface area contributed by atoms with Crippen molar-refractivity contribution in [3.63, 3.8) is 0 Å². The summed E-state index contributed by atoms with van der Waals surface area (Å²) in [5.41, 5.74) is 7.75. The van der Waals surface area contributed by atoms with Crippen LogP contribution in [-0.2, 0) is 9.63 Å². The van der Waals surface area contributed by atoms with Crippen LogP contribution in [0.1, 0.15) is 0 Å².